The van der Waals surface area contributed by atoms with Crippen molar-refractivity contribution in [3.05, 3.63) is 0 Å². The van der Waals surface area contributed by atoms with Crippen LogP contribution in [-0.2, 0) is 9.47 Å². The van der Waals surface area contributed by atoms with Gasteiger partial charge in [-0.3, -0.25) is 0 Å². The van der Waals surface area contributed by atoms with Crippen molar-refractivity contribution in [1.29, 1.82) is 0 Å². The van der Waals surface area contributed by atoms with E-state index in [0.29, 0.717) is 11.8 Å². The van der Waals surface area contributed by atoms with E-state index in [9.17, 15) is 0 Å². The first-order valence-corrected chi connectivity index (χ1v) is 7.39. The molecule has 0 aromatic rings. The predicted molar refractivity (Wildman–Crippen MR) is 79.0 cm³/mol. The van der Waals surface area contributed by atoms with Crippen LogP contribution in [0.1, 0.15) is 67.7 Å². The molecule has 0 fully saturated rings. The van der Waals surface area contributed by atoms with Crippen LogP contribution in [0.2, 0.25) is 0 Å². The maximum Gasteiger partial charge on any atom is 0.0673 e. The number of ether oxygens (including phenoxy) is 2. The van der Waals surface area contributed by atoms with Gasteiger partial charge in [-0.2, -0.15) is 0 Å². The third kappa shape index (κ3) is 5.71. The molecule has 2 nitrogen and oxygen atoms in total. The third-order valence-electron chi connectivity index (χ3n) is 4.58. The Balaban J connectivity index is 4.20. The fourth-order valence-electron chi connectivity index (χ4n) is 2.08. The van der Waals surface area contributed by atoms with Gasteiger partial charge in [0.15, 0.2) is 0 Å². The highest BCUT2D eigenvalue weighted by molar-refractivity contribution is 4.81. The van der Waals surface area contributed by atoms with E-state index in [1.54, 1.807) is 0 Å². The standard InChI is InChI=1S/C16H34O2/c1-9-15(5,6)18-12-13(3)11-14(4)16(7,10-2)17-8/h13-14H,9-12H2,1-8H3. The van der Waals surface area contributed by atoms with Crippen molar-refractivity contribution in [3.8, 4) is 0 Å². The molecule has 0 rings (SSSR count). The number of hydrogen-bond acceptors (Lipinski definition) is 2. The monoisotopic (exact) mass is 258 g/mol. The van der Waals surface area contributed by atoms with Crippen LogP contribution in [-0.4, -0.2) is 24.9 Å². The van der Waals surface area contributed by atoms with Crippen LogP contribution in [0.3, 0.4) is 0 Å². The van der Waals surface area contributed by atoms with Gasteiger partial charge in [0.2, 0.25) is 0 Å². The molecule has 2 heteroatoms. The van der Waals surface area contributed by atoms with Gasteiger partial charge >= 0.3 is 0 Å². The van der Waals surface area contributed by atoms with E-state index < -0.39 is 0 Å². The van der Waals surface area contributed by atoms with Gasteiger partial charge in [0.25, 0.3) is 0 Å². The highest BCUT2D eigenvalue weighted by atomic mass is 16.5. The number of hydrogen-bond donors (Lipinski definition) is 0. The molecule has 0 bridgehead atoms. The van der Waals surface area contributed by atoms with Crippen molar-refractivity contribution in [2.45, 2.75) is 78.9 Å². The molecule has 0 saturated carbocycles. The van der Waals surface area contributed by atoms with E-state index in [1.165, 1.54) is 0 Å². The number of rotatable bonds is 9. The van der Waals surface area contributed by atoms with Crippen molar-refractivity contribution in [2.24, 2.45) is 11.8 Å². The lowest BCUT2D eigenvalue weighted by atomic mass is 9.82. The molecule has 0 saturated heterocycles. The van der Waals surface area contributed by atoms with E-state index >= 15 is 0 Å². The molecule has 3 unspecified atom stereocenters. The highest BCUT2D eigenvalue weighted by Gasteiger charge is 2.30. The van der Waals surface area contributed by atoms with Crippen molar-refractivity contribution in [3.63, 3.8) is 0 Å². The van der Waals surface area contributed by atoms with Gasteiger partial charge in [0, 0.05) is 13.7 Å². The molecule has 0 spiro atoms. The minimum atomic E-state index is -0.00542. The fraction of sp³-hybridized carbons (Fsp3) is 1.00. The molecular weight excluding hydrogens is 224 g/mol. The quantitative estimate of drug-likeness (QED) is 0.598. The molecular formula is C16H34O2. The maximum atomic E-state index is 5.98. The summed E-state index contributed by atoms with van der Waals surface area (Å²) in [6.45, 7) is 16.3. The van der Waals surface area contributed by atoms with Crippen LogP contribution >= 0.6 is 0 Å². The largest absolute Gasteiger partial charge is 0.378 e. The van der Waals surface area contributed by atoms with Crippen LogP contribution in [0.5, 0.6) is 0 Å². The Labute approximate surface area is 114 Å². The highest BCUT2D eigenvalue weighted by Crippen LogP contribution is 2.30. The SMILES string of the molecule is CCC(C)(C)OCC(C)CC(C)C(C)(CC)OC. The smallest absolute Gasteiger partial charge is 0.0673 e. The second kappa shape index (κ2) is 7.49. The second-order valence-corrected chi connectivity index (χ2v) is 6.54. The average molecular weight is 258 g/mol. The van der Waals surface area contributed by atoms with E-state index in [4.69, 9.17) is 9.47 Å². The molecule has 0 heterocycles. The lowest BCUT2D eigenvalue weighted by molar-refractivity contribution is -0.0644. The van der Waals surface area contributed by atoms with E-state index in [1.807, 2.05) is 7.11 Å². The van der Waals surface area contributed by atoms with Crippen LogP contribution in [0.15, 0.2) is 0 Å². The molecule has 3 atom stereocenters. The van der Waals surface area contributed by atoms with Crippen LogP contribution < -0.4 is 0 Å². The van der Waals surface area contributed by atoms with Crippen LogP contribution in [0.4, 0.5) is 0 Å². The van der Waals surface area contributed by atoms with E-state index in [0.717, 1.165) is 25.9 Å². The maximum absolute atomic E-state index is 5.98. The molecule has 0 aliphatic rings. The Morgan fingerprint density at radius 3 is 1.94 bits per heavy atom. The number of methoxy groups -OCH3 is 1. The molecule has 0 aromatic carbocycles. The minimum Gasteiger partial charge on any atom is -0.378 e. The molecule has 18 heavy (non-hydrogen) atoms. The first-order chi connectivity index (χ1) is 8.20. The van der Waals surface area contributed by atoms with E-state index in [-0.39, 0.29) is 11.2 Å². The molecule has 0 aliphatic carbocycles. The van der Waals surface area contributed by atoms with Gasteiger partial charge in [0.1, 0.15) is 0 Å². The van der Waals surface area contributed by atoms with Crippen molar-refractivity contribution < 1.29 is 9.47 Å². The summed E-state index contributed by atoms with van der Waals surface area (Å²) in [6, 6.07) is 0. The van der Waals surface area contributed by atoms with Crippen LogP contribution in [0, 0.1) is 11.8 Å². The molecule has 0 N–H and O–H groups in total. The summed E-state index contributed by atoms with van der Waals surface area (Å²) in [5, 5.41) is 0. The molecule has 0 radical (unpaired) electrons. The topological polar surface area (TPSA) is 18.5 Å². The van der Waals surface area contributed by atoms with Gasteiger partial charge in [-0.25, -0.2) is 0 Å². The van der Waals surface area contributed by atoms with Crippen LogP contribution in [0.25, 0.3) is 0 Å². The molecule has 0 aromatic heterocycles. The summed E-state index contributed by atoms with van der Waals surface area (Å²) in [5.41, 5.74) is 0.00134. The molecule has 0 amide bonds. The summed E-state index contributed by atoms with van der Waals surface area (Å²) < 4.78 is 11.7. The van der Waals surface area contributed by atoms with Gasteiger partial charge in [-0.05, 0) is 51.9 Å². The zero-order valence-corrected chi connectivity index (χ0v) is 13.8. The first-order valence-electron chi connectivity index (χ1n) is 7.39. The average Bonchev–Trinajstić information content (AvgIpc) is 2.35. The minimum absolute atomic E-state index is 0.00542. The Morgan fingerprint density at radius 1 is 1.00 bits per heavy atom. The van der Waals surface area contributed by atoms with Gasteiger partial charge in [0.05, 0.1) is 11.2 Å². The third-order valence-corrected chi connectivity index (χ3v) is 4.58. The fourth-order valence-corrected chi connectivity index (χ4v) is 2.08. The summed E-state index contributed by atoms with van der Waals surface area (Å²) in [5.74, 6) is 1.13. The van der Waals surface area contributed by atoms with Gasteiger partial charge in [-0.1, -0.05) is 27.7 Å². The first kappa shape index (κ1) is 17.9. The van der Waals surface area contributed by atoms with E-state index in [2.05, 4.69) is 48.5 Å². The Morgan fingerprint density at radius 2 is 1.56 bits per heavy atom. The van der Waals surface area contributed by atoms with Crippen molar-refractivity contribution in [1.82, 2.24) is 0 Å². The normalized spacial score (nSPS) is 19.3. The van der Waals surface area contributed by atoms with Gasteiger partial charge < -0.3 is 9.47 Å². The summed E-state index contributed by atoms with van der Waals surface area (Å²) in [6.07, 6.45) is 3.26. The lowest BCUT2D eigenvalue weighted by Crippen LogP contribution is -2.36. The van der Waals surface area contributed by atoms with Gasteiger partial charge in [-0.15, -0.1) is 0 Å². The van der Waals surface area contributed by atoms with Crippen molar-refractivity contribution in [2.75, 3.05) is 13.7 Å². The predicted octanol–water partition coefficient (Wildman–Crippen LogP) is 4.67. The summed E-state index contributed by atoms with van der Waals surface area (Å²) >= 11 is 0. The Hall–Kier alpha value is -0.0800. The zero-order valence-electron chi connectivity index (χ0n) is 13.8. The lowest BCUT2D eigenvalue weighted by Gasteiger charge is -2.35. The second-order valence-electron chi connectivity index (χ2n) is 6.54. The van der Waals surface area contributed by atoms with Crippen molar-refractivity contribution >= 4 is 0 Å². The Bertz CT molecular complexity index is 219. The Kier molecular flexibility index (Phi) is 7.46. The zero-order chi connectivity index (χ0) is 14.4. The summed E-state index contributed by atoms with van der Waals surface area (Å²) in [7, 11) is 1.82. The summed E-state index contributed by atoms with van der Waals surface area (Å²) in [4.78, 5) is 0. The molecule has 0 aliphatic heterocycles. The molecule has 110 valence electrons.